The summed E-state index contributed by atoms with van der Waals surface area (Å²) in [6.45, 7) is 6.45. The summed E-state index contributed by atoms with van der Waals surface area (Å²) in [5.74, 6) is 0.671. The van der Waals surface area contributed by atoms with Crippen LogP contribution in [0.5, 0.6) is 5.75 Å². The monoisotopic (exact) mass is 344 g/mol. The van der Waals surface area contributed by atoms with E-state index in [2.05, 4.69) is 25.8 Å². The van der Waals surface area contributed by atoms with E-state index < -0.39 is 5.79 Å². The molecule has 1 aromatic carbocycles. The van der Waals surface area contributed by atoms with Crippen LogP contribution in [0, 0.1) is 0 Å². The molecule has 1 saturated heterocycles. The molecule has 1 unspecified atom stereocenters. The molecule has 0 aromatic heterocycles. The van der Waals surface area contributed by atoms with Crippen molar-refractivity contribution in [2.75, 3.05) is 46.4 Å². The summed E-state index contributed by atoms with van der Waals surface area (Å²) in [5, 5.41) is 10.1. The van der Waals surface area contributed by atoms with Gasteiger partial charge in [0.25, 0.3) is 0 Å². The molecule has 0 bridgehead atoms. The van der Waals surface area contributed by atoms with Crippen LogP contribution < -0.4 is 26.4 Å². The zero-order valence-corrected chi connectivity index (χ0v) is 14.8. The third kappa shape index (κ3) is 4.72. The molecule has 136 valence electrons. The Balaban J connectivity index is 1.50. The van der Waals surface area contributed by atoms with E-state index in [0.29, 0.717) is 0 Å². The van der Waals surface area contributed by atoms with Crippen molar-refractivity contribution in [1.29, 1.82) is 0 Å². The summed E-state index contributed by atoms with van der Waals surface area (Å²) in [5.41, 5.74) is 7.31. The largest absolute Gasteiger partial charge is 0.497 e. The summed E-state index contributed by atoms with van der Waals surface area (Å²) in [6, 6.07) is 7.65. The molecule has 5 N–H and O–H groups in total. The Morgan fingerprint density at radius 3 is 3.00 bits per heavy atom. The molecular weight excluding hydrogens is 316 g/mol. The third-order valence-corrected chi connectivity index (χ3v) is 4.53. The van der Waals surface area contributed by atoms with Crippen molar-refractivity contribution in [3.05, 3.63) is 41.7 Å². The number of ether oxygens (including phenoxy) is 1. The number of methoxy groups -OCH3 is 1. The number of benzene rings is 1. The Morgan fingerprint density at radius 1 is 1.36 bits per heavy atom. The number of hydrogen-bond acceptors (Lipinski definition) is 7. The highest BCUT2D eigenvalue weighted by Gasteiger charge is 2.28. The minimum absolute atomic E-state index is 0.763. The normalized spacial score (nSPS) is 23.7. The van der Waals surface area contributed by atoms with E-state index in [9.17, 15) is 0 Å². The fourth-order valence-corrected chi connectivity index (χ4v) is 3.08. The minimum atomic E-state index is -0.982. The highest BCUT2D eigenvalue weighted by atomic mass is 16.5. The summed E-state index contributed by atoms with van der Waals surface area (Å²) in [7, 11) is 1.64. The molecule has 25 heavy (non-hydrogen) atoms. The highest BCUT2D eigenvalue weighted by Crippen LogP contribution is 2.23. The van der Waals surface area contributed by atoms with Crippen LogP contribution in [0.25, 0.3) is 0 Å². The predicted molar refractivity (Wildman–Crippen MR) is 100 cm³/mol. The van der Waals surface area contributed by atoms with Gasteiger partial charge in [0.15, 0.2) is 0 Å². The van der Waals surface area contributed by atoms with Crippen LogP contribution in [0.2, 0.25) is 0 Å². The van der Waals surface area contributed by atoms with E-state index in [1.54, 1.807) is 13.3 Å². The van der Waals surface area contributed by atoms with E-state index in [1.807, 2.05) is 30.3 Å². The maximum absolute atomic E-state index is 6.45. The molecule has 2 heterocycles. The first-order valence-electron chi connectivity index (χ1n) is 8.84. The van der Waals surface area contributed by atoms with Gasteiger partial charge in [-0.1, -0.05) is 12.1 Å². The predicted octanol–water partition coefficient (Wildman–Crippen LogP) is 0.165. The Hall–Kier alpha value is -2.09. The van der Waals surface area contributed by atoms with E-state index in [4.69, 9.17) is 10.5 Å². The van der Waals surface area contributed by atoms with Gasteiger partial charge in [0.05, 0.1) is 7.11 Å². The topological polar surface area (TPSA) is 86.9 Å². The molecule has 1 atom stereocenters. The van der Waals surface area contributed by atoms with Crippen LogP contribution in [-0.2, 0) is 5.79 Å². The Bertz CT molecular complexity index is 626. The molecule has 7 heteroatoms. The number of nitrogens with zero attached hydrogens (tertiary/aromatic N) is 2. The molecule has 2 aliphatic rings. The molecule has 0 spiro atoms. The number of piperazine rings is 1. The molecule has 0 aliphatic carbocycles. The van der Waals surface area contributed by atoms with Gasteiger partial charge in [0.1, 0.15) is 11.6 Å². The van der Waals surface area contributed by atoms with E-state index in [0.717, 1.165) is 62.8 Å². The van der Waals surface area contributed by atoms with Gasteiger partial charge in [0, 0.05) is 44.5 Å². The number of nitrogens with one attached hydrogen (secondary N) is 3. The van der Waals surface area contributed by atoms with Crippen LogP contribution >= 0.6 is 0 Å². The van der Waals surface area contributed by atoms with Crippen molar-refractivity contribution >= 4 is 6.21 Å². The first-order chi connectivity index (χ1) is 12.2. The van der Waals surface area contributed by atoms with Gasteiger partial charge in [-0.05, 0) is 31.2 Å². The lowest BCUT2D eigenvalue weighted by atomic mass is 10.1. The fraction of sp³-hybridized carbons (Fsp3) is 0.500. The number of allylic oxidation sites excluding steroid dienone is 1. The highest BCUT2D eigenvalue weighted by molar-refractivity contribution is 5.73. The molecule has 2 aliphatic heterocycles. The van der Waals surface area contributed by atoms with Gasteiger partial charge in [-0.15, -0.1) is 0 Å². The number of rotatable bonds is 7. The number of aliphatic imine (C=N–C) groups is 1. The fourth-order valence-electron chi connectivity index (χ4n) is 3.08. The van der Waals surface area contributed by atoms with Gasteiger partial charge < -0.3 is 25.6 Å². The number of nitrogens with two attached hydrogens (primary N) is 1. The van der Waals surface area contributed by atoms with Crippen molar-refractivity contribution in [2.45, 2.75) is 12.2 Å². The molecular formula is C18H28N6O. The zero-order chi connectivity index (χ0) is 17.5. The second-order valence-electron chi connectivity index (χ2n) is 6.35. The van der Waals surface area contributed by atoms with Crippen molar-refractivity contribution < 1.29 is 4.74 Å². The van der Waals surface area contributed by atoms with E-state index in [1.165, 1.54) is 0 Å². The van der Waals surface area contributed by atoms with Crippen LogP contribution in [0.1, 0.15) is 12.0 Å². The number of hydrogen-bond donors (Lipinski definition) is 4. The van der Waals surface area contributed by atoms with Crippen LogP contribution in [0.4, 0.5) is 0 Å². The summed E-state index contributed by atoms with van der Waals surface area (Å²) in [4.78, 5) is 6.91. The molecule has 1 fully saturated rings. The van der Waals surface area contributed by atoms with Crippen LogP contribution in [-0.4, -0.2) is 57.5 Å². The van der Waals surface area contributed by atoms with Crippen molar-refractivity contribution in [3.63, 3.8) is 0 Å². The lowest BCUT2D eigenvalue weighted by Gasteiger charge is -2.32. The van der Waals surface area contributed by atoms with Gasteiger partial charge in [0.2, 0.25) is 5.79 Å². The summed E-state index contributed by atoms with van der Waals surface area (Å²) in [6.07, 6.45) is 4.75. The quantitative estimate of drug-likeness (QED) is 0.528. The van der Waals surface area contributed by atoms with Gasteiger partial charge in [-0.2, -0.15) is 0 Å². The second-order valence-corrected chi connectivity index (χ2v) is 6.35. The Morgan fingerprint density at radius 2 is 2.20 bits per heavy atom. The van der Waals surface area contributed by atoms with Crippen molar-refractivity contribution in [2.24, 2.45) is 10.7 Å². The molecule has 0 amide bonds. The summed E-state index contributed by atoms with van der Waals surface area (Å²) >= 11 is 0. The maximum Gasteiger partial charge on any atom is 0.210 e. The average molecular weight is 344 g/mol. The van der Waals surface area contributed by atoms with Crippen LogP contribution in [0.15, 0.2) is 41.2 Å². The third-order valence-electron chi connectivity index (χ3n) is 4.53. The average Bonchev–Trinajstić information content (AvgIpc) is 2.66. The molecule has 0 saturated carbocycles. The van der Waals surface area contributed by atoms with Gasteiger partial charge in [-0.25, -0.2) is 4.99 Å². The molecule has 7 nitrogen and oxygen atoms in total. The van der Waals surface area contributed by atoms with Crippen molar-refractivity contribution in [1.82, 2.24) is 20.9 Å². The molecule has 1 aromatic rings. The van der Waals surface area contributed by atoms with Crippen molar-refractivity contribution in [3.8, 4) is 5.75 Å². The standard InChI is InChI=1S/C18H28N6O/c1-25-16-5-2-4-15(14-16)18(19)22-8-6-17(23-18)21-7-3-11-24-12-9-20-10-13-24/h2,4-6,8,14,20-21,23H,3,7,9-13,19H2,1H3. The van der Waals surface area contributed by atoms with E-state index >= 15 is 0 Å². The minimum Gasteiger partial charge on any atom is -0.497 e. The first-order valence-corrected chi connectivity index (χ1v) is 8.84. The molecule has 0 radical (unpaired) electrons. The Labute approximate surface area is 149 Å². The first kappa shape index (κ1) is 17.7. The van der Waals surface area contributed by atoms with Gasteiger partial charge in [-0.3, -0.25) is 5.73 Å². The second kappa shape index (κ2) is 8.33. The van der Waals surface area contributed by atoms with Gasteiger partial charge >= 0.3 is 0 Å². The molecule has 3 rings (SSSR count). The Kier molecular flexibility index (Phi) is 5.91. The SMILES string of the molecule is COc1cccc(C2(N)N=CC=C(NCCCN3CCNCC3)N2)c1. The zero-order valence-electron chi connectivity index (χ0n) is 14.8. The smallest absolute Gasteiger partial charge is 0.210 e. The maximum atomic E-state index is 6.45. The lowest BCUT2D eigenvalue weighted by Crippen LogP contribution is -2.52. The summed E-state index contributed by atoms with van der Waals surface area (Å²) < 4.78 is 5.28. The van der Waals surface area contributed by atoms with E-state index in [-0.39, 0.29) is 0 Å². The van der Waals surface area contributed by atoms with Crippen LogP contribution in [0.3, 0.4) is 0 Å². The lowest BCUT2D eigenvalue weighted by molar-refractivity contribution is 0.238.